The van der Waals surface area contributed by atoms with Crippen molar-refractivity contribution in [2.24, 2.45) is 0 Å². The van der Waals surface area contributed by atoms with E-state index in [2.05, 4.69) is 15.2 Å². The minimum Gasteiger partial charge on any atom is -0.507 e. The van der Waals surface area contributed by atoms with Crippen molar-refractivity contribution in [2.45, 2.75) is 5.16 Å². The topological polar surface area (TPSA) is 99.1 Å². The van der Waals surface area contributed by atoms with Crippen LogP contribution in [-0.2, 0) is 4.79 Å². The molecule has 0 saturated heterocycles. The summed E-state index contributed by atoms with van der Waals surface area (Å²) >= 11 is 0.944. The van der Waals surface area contributed by atoms with Gasteiger partial charge in [0.05, 0.1) is 11.3 Å². The van der Waals surface area contributed by atoms with Crippen LogP contribution in [-0.4, -0.2) is 37.1 Å². The molecule has 2 aromatic rings. The summed E-state index contributed by atoms with van der Waals surface area (Å²) < 4.78 is 12.8. The lowest BCUT2D eigenvalue weighted by Gasteiger charge is -1.99. The second kappa shape index (κ2) is 5.05. The zero-order valence-electron chi connectivity index (χ0n) is 8.92. The summed E-state index contributed by atoms with van der Waals surface area (Å²) in [5.41, 5.74) is 0.297. The zero-order chi connectivity index (χ0) is 13.1. The van der Waals surface area contributed by atoms with E-state index in [-0.39, 0.29) is 22.5 Å². The molecule has 0 aliphatic heterocycles. The van der Waals surface area contributed by atoms with Crippen molar-refractivity contribution < 1.29 is 19.4 Å². The van der Waals surface area contributed by atoms with Crippen molar-refractivity contribution in [1.29, 1.82) is 0 Å². The van der Waals surface area contributed by atoms with E-state index in [1.54, 1.807) is 0 Å². The second-order valence-corrected chi connectivity index (χ2v) is 4.25. The maximum Gasteiger partial charge on any atom is 0.313 e. The molecule has 0 atom stereocenters. The van der Waals surface area contributed by atoms with Gasteiger partial charge in [0.15, 0.2) is 5.82 Å². The Kier molecular flexibility index (Phi) is 3.47. The highest BCUT2D eigenvalue weighted by Gasteiger charge is 2.11. The van der Waals surface area contributed by atoms with Crippen molar-refractivity contribution >= 4 is 17.7 Å². The largest absolute Gasteiger partial charge is 0.507 e. The molecule has 2 rings (SSSR count). The van der Waals surface area contributed by atoms with Crippen LogP contribution in [0, 0.1) is 5.82 Å². The molecule has 3 N–H and O–H groups in total. The van der Waals surface area contributed by atoms with Gasteiger partial charge in [0.2, 0.25) is 5.16 Å². The molecule has 0 unspecified atom stereocenters. The van der Waals surface area contributed by atoms with Gasteiger partial charge in [-0.25, -0.2) is 9.37 Å². The molecule has 1 aromatic heterocycles. The van der Waals surface area contributed by atoms with Gasteiger partial charge in [-0.2, -0.15) is 0 Å². The van der Waals surface area contributed by atoms with Crippen LogP contribution in [0.2, 0.25) is 0 Å². The van der Waals surface area contributed by atoms with Gasteiger partial charge in [0.1, 0.15) is 11.6 Å². The summed E-state index contributed by atoms with van der Waals surface area (Å²) in [7, 11) is 0. The first-order valence-corrected chi connectivity index (χ1v) is 5.80. The van der Waals surface area contributed by atoms with E-state index >= 15 is 0 Å². The predicted octanol–water partition coefficient (Wildman–Crippen LogP) is 1.49. The molecule has 0 bridgehead atoms. The standard InChI is InChI=1S/C10H8FN3O3S/c11-5-1-2-6(7(15)3-5)9-12-10(14-13-9)18-4-8(16)17/h1-3,15H,4H2,(H,16,17)(H,12,13,14). The molecule has 0 amide bonds. The Bertz CT molecular complexity index is 587. The molecule has 6 nitrogen and oxygen atoms in total. The second-order valence-electron chi connectivity index (χ2n) is 3.31. The number of hydrogen-bond donors (Lipinski definition) is 3. The van der Waals surface area contributed by atoms with Crippen LogP contribution in [0.4, 0.5) is 4.39 Å². The number of aromatic nitrogens is 3. The fourth-order valence-electron chi connectivity index (χ4n) is 1.26. The minimum absolute atomic E-state index is 0.160. The number of carboxylic acid groups (broad SMARTS) is 1. The van der Waals surface area contributed by atoms with Crippen LogP contribution in [0.25, 0.3) is 11.4 Å². The quantitative estimate of drug-likeness (QED) is 0.727. The molecule has 0 spiro atoms. The monoisotopic (exact) mass is 269 g/mol. The average Bonchev–Trinajstić information content (AvgIpc) is 2.75. The van der Waals surface area contributed by atoms with Gasteiger partial charge in [-0.05, 0) is 12.1 Å². The number of thioether (sulfide) groups is 1. The number of carbonyl (C=O) groups is 1. The van der Waals surface area contributed by atoms with E-state index in [4.69, 9.17) is 5.11 Å². The van der Waals surface area contributed by atoms with Gasteiger partial charge in [-0.15, -0.1) is 5.10 Å². The van der Waals surface area contributed by atoms with Crippen molar-refractivity contribution in [3.8, 4) is 17.1 Å². The highest BCUT2D eigenvalue weighted by Crippen LogP contribution is 2.27. The molecule has 8 heteroatoms. The molecule has 1 aromatic carbocycles. The summed E-state index contributed by atoms with van der Waals surface area (Å²) in [6.07, 6.45) is 0. The van der Waals surface area contributed by atoms with E-state index in [1.807, 2.05) is 0 Å². The van der Waals surface area contributed by atoms with Crippen LogP contribution in [0.5, 0.6) is 5.75 Å². The third kappa shape index (κ3) is 2.77. The Hall–Kier alpha value is -2.09. The number of H-pyrrole nitrogens is 1. The Morgan fingerprint density at radius 2 is 2.28 bits per heavy atom. The Morgan fingerprint density at radius 1 is 1.50 bits per heavy atom. The maximum absolute atomic E-state index is 12.8. The molecule has 0 fully saturated rings. The number of phenols is 1. The number of halogens is 1. The number of aromatic amines is 1. The van der Waals surface area contributed by atoms with Crippen molar-refractivity contribution in [2.75, 3.05) is 5.75 Å². The van der Waals surface area contributed by atoms with E-state index < -0.39 is 11.8 Å². The summed E-state index contributed by atoms with van der Waals surface area (Å²) in [6, 6.07) is 3.50. The normalized spacial score (nSPS) is 10.5. The summed E-state index contributed by atoms with van der Waals surface area (Å²) in [6.45, 7) is 0. The van der Waals surface area contributed by atoms with Crippen LogP contribution in [0.1, 0.15) is 0 Å². The highest BCUT2D eigenvalue weighted by molar-refractivity contribution is 7.99. The van der Waals surface area contributed by atoms with Crippen LogP contribution >= 0.6 is 11.8 Å². The van der Waals surface area contributed by atoms with E-state index in [0.29, 0.717) is 5.56 Å². The molecular weight excluding hydrogens is 261 g/mol. The van der Waals surface area contributed by atoms with Gasteiger partial charge < -0.3 is 10.2 Å². The van der Waals surface area contributed by atoms with E-state index in [0.717, 1.165) is 17.8 Å². The first kappa shape index (κ1) is 12.4. The number of nitrogens with zero attached hydrogens (tertiary/aromatic N) is 2. The number of aromatic hydroxyl groups is 1. The molecule has 94 valence electrons. The highest BCUT2D eigenvalue weighted by atomic mass is 32.2. The van der Waals surface area contributed by atoms with Crippen LogP contribution in [0.3, 0.4) is 0 Å². The van der Waals surface area contributed by atoms with Crippen LogP contribution in [0.15, 0.2) is 23.4 Å². The number of phenolic OH excluding ortho intramolecular Hbond substituents is 1. The lowest BCUT2D eigenvalue weighted by atomic mass is 10.2. The molecule has 18 heavy (non-hydrogen) atoms. The van der Waals surface area contributed by atoms with Gasteiger partial charge >= 0.3 is 5.97 Å². The summed E-state index contributed by atoms with van der Waals surface area (Å²) in [5.74, 6) is -1.71. The number of carboxylic acids is 1. The molecule has 1 heterocycles. The minimum atomic E-state index is -0.976. The van der Waals surface area contributed by atoms with Gasteiger partial charge in [0, 0.05) is 6.07 Å². The zero-order valence-corrected chi connectivity index (χ0v) is 9.74. The Morgan fingerprint density at radius 3 is 2.94 bits per heavy atom. The number of nitrogens with one attached hydrogen (secondary N) is 1. The van der Waals surface area contributed by atoms with E-state index in [1.165, 1.54) is 12.1 Å². The molecule has 0 radical (unpaired) electrons. The van der Waals surface area contributed by atoms with Crippen molar-refractivity contribution in [3.05, 3.63) is 24.0 Å². The van der Waals surface area contributed by atoms with E-state index in [9.17, 15) is 14.3 Å². The van der Waals surface area contributed by atoms with Crippen molar-refractivity contribution in [1.82, 2.24) is 15.2 Å². The average molecular weight is 269 g/mol. The SMILES string of the molecule is O=C(O)CSc1n[nH]c(-c2ccc(F)cc2O)n1. The predicted molar refractivity (Wildman–Crippen MR) is 61.8 cm³/mol. The summed E-state index contributed by atoms with van der Waals surface area (Å²) in [4.78, 5) is 14.4. The number of benzene rings is 1. The molecule has 0 aliphatic rings. The number of aliphatic carboxylic acids is 1. The third-order valence-electron chi connectivity index (χ3n) is 2.00. The van der Waals surface area contributed by atoms with Crippen molar-refractivity contribution in [3.63, 3.8) is 0 Å². The van der Waals surface area contributed by atoms with Crippen LogP contribution < -0.4 is 0 Å². The Balaban J connectivity index is 2.21. The summed E-state index contributed by atoms with van der Waals surface area (Å²) in [5, 5.41) is 24.6. The lowest BCUT2D eigenvalue weighted by molar-refractivity contribution is -0.133. The first-order valence-electron chi connectivity index (χ1n) is 4.82. The number of hydrogen-bond acceptors (Lipinski definition) is 5. The lowest BCUT2D eigenvalue weighted by Crippen LogP contribution is -1.97. The Labute approximate surface area is 105 Å². The fourth-order valence-corrected chi connectivity index (χ4v) is 1.78. The molecular formula is C10H8FN3O3S. The smallest absolute Gasteiger partial charge is 0.313 e. The molecule has 0 aliphatic carbocycles. The maximum atomic E-state index is 12.8. The first-order chi connectivity index (χ1) is 8.56. The third-order valence-corrected chi connectivity index (χ3v) is 2.84. The number of rotatable bonds is 4. The van der Waals surface area contributed by atoms with Gasteiger partial charge in [-0.1, -0.05) is 11.8 Å². The fraction of sp³-hybridized carbons (Fsp3) is 0.100. The van der Waals surface area contributed by atoms with Gasteiger partial charge in [-0.3, -0.25) is 9.89 Å². The molecule has 0 saturated carbocycles. The van der Waals surface area contributed by atoms with Gasteiger partial charge in [0.25, 0.3) is 0 Å².